The molecule has 0 radical (unpaired) electrons. The Balaban J connectivity index is 4.34. The van der Waals surface area contributed by atoms with E-state index in [-0.39, 0.29) is 19.1 Å². The van der Waals surface area contributed by atoms with Crippen LogP contribution in [0.1, 0.15) is 20.3 Å². The fourth-order valence-corrected chi connectivity index (χ4v) is 1.60. The van der Waals surface area contributed by atoms with Gasteiger partial charge in [0.05, 0.1) is 19.3 Å². The number of nitrogens with zero attached hydrogens (tertiary/aromatic N) is 1. The Morgan fingerprint density at radius 2 is 1.95 bits per heavy atom. The zero-order valence-corrected chi connectivity index (χ0v) is 11.9. The van der Waals surface area contributed by atoms with Gasteiger partial charge in [0.15, 0.2) is 0 Å². The molecule has 2 unspecified atom stereocenters. The fraction of sp³-hybridized carbons (Fsp3) is 0.833. The maximum absolute atomic E-state index is 11.8. The highest BCUT2D eigenvalue weighted by Crippen LogP contribution is 2.05. The van der Waals surface area contributed by atoms with Gasteiger partial charge in [-0.25, -0.2) is 9.59 Å². The minimum atomic E-state index is -1.06. The van der Waals surface area contributed by atoms with Crippen LogP contribution >= 0.6 is 0 Å². The monoisotopic (exact) mass is 276 g/mol. The number of carbonyl (C=O) groups is 2. The summed E-state index contributed by atoms with van der Waals surface area (Å²) in [5.74, 6) is -0.904. The minimum absolute atomic E-state index is 0.0771. The summed E-state index contributed by atoms with van der Waals surface area (Å²) in [4.78, 5) is 24.0. The van der Waals surface area contributed by atoms with Gasteiger partial charge in [0, 0.05) is 14.2 Å². The van der Waals surface area contributed by atoms with Gasteiger partial charge in [0.1, 0.15) is 6.04 Å². The predicted octanol–water partition coefficient (Wildman–Crippen LogP) is 0.134. The van der Waals surface area contributed by atoms with E-state index < -0.39 is 24.1 Å². The molecule has 7 heteroatoms. The first kappa shape index (κ1) is 17.7. The number of methoxy groups -OCH3 is 1. The van der Waals surface area contributed by atoms with Crippen molar-refractivity contribution in [2.24, 2.45) is 5.92 Å². The topological polar surface area (TPSA) is 99.1 Å². The number of aliphatic hydroxyl groups is 1. The number of hydrogen-bond acceptors (Lipinski definition) is 4. The SMILES string of the molecule is COCC(O)CN(C)C(=O)NC(CC(C)C)C(=O)O. The fourth-order valence-electron chi connectivity index (χ4n) is 1.60. The Hall–Kier alpha value is -1.34. The maximum Gasteiger partial charge on any atom is 0.326 e. The van der Waals surface area contributed by atoms with Crippen LogP contribution in [-0.2, 0) is 9.53 Å². The lowest BCUT2D eigenvalue weighted by Crippen LogP contribution is -2.49. The van der Waals surface area contributed by atoms with Gasteiger partial charge in [-0.15, -0.1) is 0 Å². The van der Waals surface area contributed by atoms with E-state index in [2.05, 4.69) is 5.32 Å². The molecule has 112 valence electrons. The highest BCUT2D eigenvalue weighted by Gasteiger charge is 2.23. The molecule has 0 fully saturated rings. The van der Waals surface area contributed by atoms with Crippen molar-refractivity contribution in [1.29, 1.82) is 0 Å². The second-order valence-electron chi connectivity index (χ2n) is 4.96. The third-order valence-electron chi connectivity index (χ3n) is 2.49. The summed E-state index contributed by atoms with van der Waals surface area (Å²) in [6.07, 6.45) is -0.440. The summed E-state index contributed by atoms with van der Waals surface area (Å²) in [7, 11) is 2.94. The van der Waals surface area contributed by atoms with Crippen molar-refractivity contribution in [3.63, 3.8) is 0 Å². The van der Waals surface area contributed by atoms with Crippen LogP contribution in [0, 0.1) is 5.92 Å². The van der Waals surface area contributed by atoms with Gasteiger partial charge in [0.2, 0.25) is 0 Å². The summed E-state index contributed by atoms with van der Waals surface area (Å²) in [5.41, 5.74) is 0. The average molecular weight is 276 g/mol. The quantitative estimate of drug-likeness (QED) is 0.585. The normalized spacial score (nSPS) is 14.0. The second kappa shape index (κ2) is 8.71. The number of likely N-dealkylation sites (N-methyl/N-ethyl adjacent to an activating group) is 1. The summed E-state index contributed by atoms with van der Waals surface area (Å²) in [5, 5.41) is 20.9. The second-order valence-corrected chi connectivity index (χ2v) is 4.96. The molecule has 0 heterocycles. The number of carbonyl (C=O) groups excluding carboxylic acids is 1. The summed E-state index contributed by atoms with van der Waals surface area (Å²) < 4.78 is 4.75. The van der Waals surface area contributed by atoms with E-state index in [9.17, 15) is 14.7 Å². The lowest BCUT2D eigenvalue weighted by molar-refractivity contribution is -0.139. The number of urea groups is 1. The number of carboxylic acids is 1. The Labute approximate surface area is 113 Å². The van der Waals surface area contributed by atoms with Crippen LogP contribution in [0.2, 0.25) is 0 Å². The highest BCUT2D eigenvalue weighted by molar-refractivity contribution is 5.82. The Kier molecular flexibility index (Phi) is 8.09. The molecule has 3 N–H and O–H groups in total. The lowest BCUT2D eigenvalue weighted by Gasteiger charge is -2.24. The molecule has 7 nitrogen and oxygen atoms in total. The van der Waals surface area contributed by atoms with E-state index >= 15 is 0 Å². The van der Waals surface area contributed by atoms with Crippen LogP contribution in [0.4, 0.5) is 4.79 Å². The largest absolute Gasteiger partial charge is 0.480 e. The molecule has 19 heavy (non-hydrogen) atoms. The number of aliphatic hydroxyl groups excluding tert-OH is 1. The van der Waals surface area contributed by atoms with Crippen LogP contribution in [0.15, 0.2) is 0 Å². The van der Waals surface area contributed by atoms with E-state index in [0.717, 1.165) is 0 Å². The number of rotatable bonds is 8. The average Bonchev–Trinajstić information content (AvgIpc) is 2.27. The molecule has 0 aromatic carbocycles. The summed E-state index contributed by atoms with van der Waals surface area (Å²) in [6.45, 7) is 3.96. The van der Waals surface area contributed by atoms with E-state index in [0.29, 0.717) is 6.42 Å². The molecule has 0 rings (SSSR count). The Morgan fingerprint density at radius 1 is 1.37 bits per heavy atom. The van der Waals surface area contributed by atoms with Gasteiger partial charge >= 0.3 is 12.0 Å². The van der Waals surface area contributed by atoms with E-state index in [1.807, 2.05) is 13.8 Å². The van der Waals surface area contributed by atoms with Crippen molar-refractivity contribution in [2.45, 2.75) is 32.4 Å². The van der Waals surface area contributed by atoms with Crippen LogP contribution in [-0.4, -0.2) is 66.6 Å². The molecular weight excluding hydrogens is 252 g/mol. The molecule has 0 aromatic rings. The molecule has 0 aliphatic carbocycles. The van der Waals surface area contributed by atoms with Crippen molar-refractivity contribution in [3.8, 4) is 0 Å². The van der Waals surface area contributed by atoms with Crippen LogP contribution < -0.4 is 5.32 Å². The minimum Gasteiger partial charge on any atom is -0.480 e. The lowest BCUT2D eigenvalue weighted by atomic mass is 10.0. The van der Waals surface area contributed by atoms with E-state index in [1.54, 1.807) is 0 Å². The number of nitrogens with one attached hydrogen (secondary N) is 1. The molecule has 0 saturated carbocycles. The molecule has 0 aromatic heterocycles. The first-order valence-electron chi connectivity index (χ1n) is 6.19. The van der Waals surface area contributed by atoms with Gasteiger partial charge in [-0.3, -0.25) is 0 Å². The number of amides is 2. The van der Waals surface area contributed by atoms with Crippen molar-refractivity contribution >= 4 is 12.0 Å². The van der Waals surface area contributed by atoms with Crippen molar-refractivity contribution in [3.05, 3.63) is 0 Å². The first-order valence-corrected chi connectivity index (χ1v) is 6.19. The molecule has 0 bridgehead atoms. The molecular formula is C12H24N2O5. The van der Waals surface area contributed by atoms with Crippen molar-refractivity contribution in [1.82, 2.24) is 10.2 Å². The molecule has 0 aliphatic heterocycles. The summed E-state index contributed by atoms with van der Waals surface area (Å²) in [6, 6.07) is -1.45. The smallest absolute Gasteiger partial charge is 0.326 e. The maximum atomic E-state index is 11.8. The van der Waals surface area contributed by atoms with Gasteiger partial charge in [-0.05, 0) is 12.3 Å². The van der Waals surface area contributed by atoms with Gasteiger partial charge in [-0.2, -0.15) is 0 Å². The molecule has 2 amide bonds. The van der Waals surface area contributed by atoms with Crippen molar-refractivity contribution < 1.29 is 24.5 Å². The number of aliphatic carboxylic acids is 1. The van der Waals surface area contributed by atoms with Crippen LogP contribution in [0.25, 0.3) is 0 Å². The number of carboxylic acid groups (broad SMARTS) is 1. The van der Waals surface area contributed by atoms with Crippen molar-refractivity contribution in [2.75, 3.05) is 27.3 Å². The van der Waals surface area contributed by atoms with E-state index in [4.69, 9.17) is 9.84 Å². The number of hydrogen-bond donors (Lipinski definition) is 3. The van der Waals surface area contributed by atoms with Gasteiger partial charge in [-0.1, -0.05) is 13.8 Å². The Morgan fingerprint density at radius 3 is 2.37 bits per heavy atom. The first-order chi connectivity index (χ1) is 8.77. The standard InChI is InChI=1S/C12H24N2O5/c1-8(2)5-10(11(16)17)13-12(18)14(3)6-9(15)7-19-4/h8-10,15H,5-7H2,1-4H3,(H,13,18)(H,16,17). The van der Waals surface area contributed by atoms with E-state index in [1.165, 1.54) is 19.1 Å². The molecule has 2 atom stereocenters. The van der Waals surface area contributed by atoms with Crippen LogP contribution in [0.3, 0.4) is 0 Å². The Bertz CT molecular complexity index is 296. The highest BCUT2D eigenvalue weighted by atomic mass is 16.5. The molecule has 0 saturated heterocycles. The third-order valence-corrected chi connectivity index (χ3v) is 2.49. The summed E-state index contributed by atoms with van der Waals surface area (Å²) >= 11 is 0. The predicted molar refractivity (Wildman–Crippen MR) is 69.9 cm³/mol. The molecule has 0 aliphatic rings. The van der Waals surface area contributed by atoms with Gasteiger partial charge < -0.3 is 25.2 Å². The van der Waals surface area contributed by atoms with Crippen LogP contribution in [0.5, 0.6) is 0 Å². The third kappa shape index (κ3) is 7.63. The zero-order valence-electron chi connectivity index (χ0n) is 11.9. The molecule has 0 spiro atoms. The van der Waals surface area contributed by atoms with Gasteiger partial charge in [0.25, 0.3) is 0 Å². The number of ether oxygens (including phenoxy) is 1. The zero-order chi connectivity index (χ0) is 15.0.